The standard InChI is InChI=1S/C12H21NO3.3CH4/c1-3-8(2)13-11(14)9-6-4-5-7-10(9)12(15)16;;;/h8-10H,3-7H2,1-2H3,(H,13,14)(H,15,16);3*1H4. The minimum atomic E-state index is -0.830. The number of carbonyl (C=O) groups is 2. The van der Waals surface area contributed by atoms with Crippen molar-refractivity contribution in [3.63, 3.8) is 0 Å². The Morgan fingerprint density at radius 2 is 1.63 bits per heavy atom. The van der Waals surface area contributed by atoms with Gasteiger partial charge in [-0.15, -0.1) is 0 Å². The van der Waals surface area contributed by atoms with Crippen LogP contribution >= 0.6 is 0 Å². The van der Waals surface area contributed by atoms with Gasteiger partial charge >= 0.3 is 5.97 Å². The first-order chi connectivity index (χ1) is 7.56. The average Bonchev–Trinajstić information content (AvgIpc) is 2.28. The molecule has 1 fully saturated rings. The molecule has 19 heavy (non-hydrogen) atoms. The fraction of sp³-hybridized carbons (Fsp3) is 0.867. The first-order valence-electron chi connectivity index (χ1n) is 6.09. The van der Waals surface area contributed by atoms with Crippen LogP contribution in [0, 0.1) is 11.8 Å². The topological polar surface area (TPSA) is 66.4 Å². The summed E-state index contributed by atoms with van der Waals surface area (Å²) in [7, 11) is 0. The number of carbonyl (C=O) groups excluding carboxylic acids is 1. The van der Waals surface area contributed by atoms with Gasteiger partial charge in [-0.1, -0.05) is 42.0 Å². The average molecular weight is 275 g/mol. The fourth-order valence-electron chi connectivity index (χ4n) is 2.19. The predicted octanol–water partition coefficient (Wildman–Crippen LogP) is 3.70. The van der Waals surface area contributed by atoms with E-state index in [1.54, 1.807) is 0 Å². The summed E-state index contributed by atoms with van der Waals surface area (Å²) < 4.78 is 0. The van der Waals surface area contributed by atoms with Gasteiger partial charge in [-0.25, -0.2) is 0 Å². The number of carboxylic acid groups (broad SMARTS) is 1. The molecule has 2 N–H and O–H groups in total. The van der Waals surface area contributed by atoms with Crippen molar-refractivity contribution in [2.24, 2.45) is 11.8 Å². The zero-order valence-electron chi connectivity index (χ0n) is 10.0. The molecule has 0 aliphatic heterocycles. The van der Waals surface area contributed by atoms with Crippen molar-refractivity contribution < 1.29 is 14.7 Å². The Kier molecular flexibility index (Phi) is 13.1. The van der Waals surface area contributed by atoms with Gasteiger partial charge in [-0.2, -0.15) is 0 Å². The van der Waals surface area contributed by atoms with E-state index in [1.807, 2.05) is 13.8 Å². The SMILES string of the molecule is C.C.C.CCC(C)NC(=O)C1CCCCC1C(=O)O. The molecule has 1 aliphatic rings. The second-order valence-corrected chi connectivity index (χ2v) is 4.65. The first-order valence-corrected chi connectivity index (χ1v) is 6.09. The molecule has 4 heteroatoms. The molecule has 0 spiro atoms. The zero-order chi connectivity index (χ0) is 12.1. The zero-order valence-corrected chi connectivity index (χ0v) is 10.0. The van der Waals surface area contributed by atoms with Crippen LogP contribution in [0.15, 0.2) is 0 Å². The second-order valence-electron chi connectivity index (χ2n) is 4.65. The maximum absolute atomic E-state index is 11.9. The van der Waals surface area contributed by atoms with E-state index in [1.165, 1.54) is 0 Å². The quantitative estimate of drug-likeness (QED) is 0.822. The normalized spacial score (nSPS) is 22.8. The third-order valence-electron chi connectivity index (χ3n) is 3.42. The number of carboxylic acids is 1. The van der Waals surface area contributed by atoms with E-state index in [0.717, 1.165) is 19.3 Å². The molecule has 3 unspecified atom stereocenters. The summed E-state index contributed by atoms with van der Waals surface area (Å²) in [6.45, 7) is 3.94. The molecule has 4 nitrogen and oxygen atoms in total. The van der Waals surface area contributed by atoms with Gasteiger partial charge in [0.05, 0.1) is 11.8 Å². The molecular weight excluding hydrogens is 242 g/mol. The lowest BCUT2D eigenvalue weighted by Gasteiger charge is -2.28. The number of hydrogen-bond acceptors (Lipinski definition) is 2. The van der Waals surface area contributed by atoms with E-state index in [-0.39, 0.29) is 40.1 Å². The van der Waals surface area contributed by atoms with Gasteiger partial charge in [-0.3, -0.25) is 9.59 Å². The highest BCUT2D eigenvalue weighted by Crippen LogP contribution is 2.30. The number of aliphatic carboxylic acids is 1. The van der Waals surface area contributed by atoms with E-state index in [2.05, 4.69) is 5.32 Å². The molecule has 1 aliphatic carbocycles. The fourth-order valence-corrected chi connectivity index (χ4v) is 2.19. The molecule has 0 aromatic carbocycles. The molecule has 0 saturated heterocycles. The molecular formula is C15H33NO3. The maximum atomic E-state index is 11.9. The smallest absolute Gasteiger partial charge is 0.307 e. The summed E-state index contributed by atoms with van der Waals surface area (Å²) in [6.07, 6.45) is 4.09. The van der Waals surface area contributed by atoms with Crippen LogP contribution in [0.3, 0.4) is 0 Å². The van der Waals surface area contributed by atoms with Gasteiger partial charge < -0.3 is 10.4 Å². The molecule has 1 rings (SSSR count). The van der Waals surface area contributed by atoms with Crippen LogP contribution in [-0.2, 0) is 9.59 Å². The molecule has 0 radical (unpaired) electrons. The van der Waals surface area contributed by atoms with Crippen LogP contribution in [0.5, 0.6) is 0 Å². The lowest BCUT2D eigenvalue weighted by molar-refractivity contribution is -0.149. The van der Waals surface area contributed by atoms with Gasteiger partial charge in [0, 0.05) is 6.04 Å². The number of nitrogens with one attached hydrogen (secondary N) is 1. The van der Waals surface area contributed by atoms with Crippen molar-refractivity contribution >= 4 is 11.9 Å². The Labute approximate surface area is 119 Å². The number of rotatable bonds is 4. The van der Waals surface area contributed by atoms with Gasteiger partial charge in [0.15, 0.2) is 0 Å². The molecule has 0 bridgehead atoms. The highest BCUT2D eigenvalue weighted by Gasteiger charge is 2.35. The van der Waals surface area contributed by atoms with Crippen LogP contribution in [-0.4, -0.2) is 23.0 Å². The van der Waals surface area contributed by atoms with Crippen LogP contribution in [0.4, 0.5) is 0 Å². The maximum Gasteiger partial charge on any atom is 0.307 e. The van der Waals surface area contributed by atoms with E-state index in [0.29, 0.717) is 12.8 Å². The van der Waals surface area contributed by atoms with Gasteiger partial charge in [-0.05, 0) is 26.2 Å². The Balaban J connectivity index is -0.000000853. The molecule has 0 heterocycles. The van der Waals surface area contributed by atoms with E-state index in [4.69, 9.17) is 5.11 Å². The third-order valence-corrected chi connectivity index (χ3v) is 3.42. The highest BCUT2D eigenvalue weighted by molar-refractivity contribution is 5.85. The Bertz CT molecular complexity index is 266. The van der Waals surface area contributed by atoms with Crippen LogP contribution < -0.4 is 5.32 Å². The largest absolute Gasteiger partial charge is 0.481 e. The summed E-state index contributed by atoms with van der Waals surface area (Å²) in [6, 6.07) is 0.129. The first kappa shape index (κ1) is 23.1. The molecule has 1 amide bonds. The van der Waals surface area contributed by atoms with E-state index >= 15 is 0 Å². The summed E-state index contributed by atoms with van der Waals surface area (Å²) in [5.74, 6) is -1.73. The summed E-state index contributed by atoms with van der Waals surface area (Å²) >= 11 is 0. The van der Waals surface area contributed by atoms with Gasteiger partial charge in [0.2, 0.25) is 5.91 Å². The molecule has 0 aromatic rings. The van der Waals surface area contributed by atoms with E-state index in [9.17, 15) is 9.59 Å². The van der Waals surface area contributed by atoms with Crippen molar-refractivity contribution in [2.75, 3.05) is 0 Å². The van der Waals surface area contributed by atoms with Crippen molar-refractivity contribution in [1.29, 1.82) is 0 Å². The number of amides is 1. The summed E-state index contributed by atoms with van der Waals surface area (Å²) in [5, 5.41) is 12.0. The molecule has 3 atom stereocenters. The van der Waals surface area contributed by atoms with Crippen molar-refractivity contribution in [3.05, 3.63) is 0 Å². The molecule has 116 valence electrons. The summed E-state index contributed by atoms with van der Waals surface area (Å²) in [5.41, 5.74) is 0. The van der Waals surface area contributed by atoms with Gasteiger partial charge in [0.1, 0.15) is 0 Å². The lowest BCUT2D eigenvalue weighted by Crippen LogP contribution is -2.42. The lowest BCUT2D eigenvalue weighted by atomic mass is 9.78. The predicted molar refractivity (Wildman–Crippen MR) is 81.2 cm³/mol. The minimum absolute atomic E-state index is 0. The van der Waals surface area contributed by atoms with Crippen molar-refractivity contribution in [3.8, 4) is 0 Å². The monoisotopic (exact) mass is 275 g/mol. The summed E-state index contributed by atoms with van der Waals surface area (Å²) in [4.78, 5) is 23.0. The molecule has 1 saturated carbocycles. The van der Waals surface area contributed by atoms with Gasteiger partial charge in [0.25, 0.3) is 0 Å². The third kappa shape index (κ3) is 6.60. The minimum Gasteiger partial charge on any atom is -0.481 e. The van der Waals surface area contributed by atoms with Crippen molar-refractivity contribution in [1.82, 2.24) is 5.32 Å². The Morgan fingerprint density at radius 3 is 2.05 bits per heavy atom. The van der Waals surface area contributed by atoms with E-state index < -0.39 is 11.9 Å². The second kappa shape index (κ2) is 10.8. The van der Waals surface area contributed by atoms with Crippen molar-refractivity contribution in [2.45, 2.75) is 74.3 Å². The Morgan fingerprint density at radius 1 is 1.16 bits per heavy atom. The number of hydrogen-bond donors (Lipinski definition) is 2. The molecule has 0 aromatic heterocycles. The highest BCUT2D eigenvalue weighted by atomic mass is 16.4. The van der Waals surface area contributed by atoms with Crippen LogP contribution in [0.25, 0.3) is 0 Å². The van der Waals surface area contributed by atoms with Crippen LogP contribution in [0.1, 0.15) is 68.2 Å². The van der Waals surface area contributed by atoms with Crippen LogP contribution in [0.2, 0.25) is 0 Å². The Hall–Kier alpha value is -1.06.